The molecule has 2 saturated heterocycles. The van der Waals surface area contributed by atoms with Crippen molar-refractivity contribution < 1.29 is 9.53 Å². The molecule has 2 heterocycles. The van der Waals surface area contributed by atoms with Crippen LogP contribution in [0.5, 0.6) is 0 Å². The first-order chi connectivity index (χ1) is 8.88. The molecule has 4 nitrogen and oxygen atoms in total. The molecule has 4 heteroatoms. The summed E-state index contributed by atoms with van der Waals surface area (Å²) in [5, 5.41) is 0. The average Bonchev–Trinajstić information content (AvgIpc) is 2.41. The highest BCUT2D eigenvalue weighted by Crippen LogP contribution is 2.50. The van der Waals surface area contributed by atoms with Crippen molar-refractivity contribution >= 4 is 5.91 Å². The van der Waals surface area contributed by atoms with Crippen LogP contribution in [0, 0.1) is 0 Å². The number of hydrogen-bond donors (Lipinski definition) is 0. The Morgan fingerprint density at radius 3 is 1.85 bits per heavy atom. The lowest BCUT2D eigenvalue weighted by atomic mass is 9.71. The number of likely N-dealkylation sites (N-methyl/N-ethyl adjacent to an activating group) is 1. The summed E-state index contributed by atoms with van der Waals surface area (Å²) in [4.78, 5) is 17.3. The van der Waals surface area contributed by atoms with Crippen LogP contribution in [0.3, 0.4) is 0 Å². The predicted octanol–water partition coefficient (Wildman–Crippen LogP) is 2.62. The quantitative estimate of drug-likeness (QED) is 0.741. The van der Waals surface area contributed by atoms with Crippen molar-refractivity contribution in [3.63, 3.8) is 0 Å². The highest BCUT2D eigenvalue weighted by atomic mass is 16.6. The van der Waals surface area contributed by atoms with Gasteiger partial charge in [-0.15, -0.1) is 0 Å². The standard InChI is InChI=1S/C16H30N2O2/c1-9-18-12(19)16(20-15(18,6)7)10-13(2,3)17(8)14(4,5)11-16/h9-11H2,1-8H3. The number of ether oxygens (including phenoxy) is 1. The van der Waals surface area contributed by atoms with E-state index < -0.39 is 11.3 Å². The number of amides is 1. The maximum absolute atomic E-state index is 13.0. The Kier molecular flexibility index (Phi) is 3.31. The van der Waals surface area contributed by atoms with Gasteiger partial charge in [-0.3, -0.25) is 9.69 Å². The molecule has 0 aromatic rings. The third-order valence-electron chi connectivity index (χ3n) is 5.30. The van der Waals surface area contributed by atoms with E-state index in [9.17, 15) is 4.79 Å². The zero-order valence-electron chi connectivity index (χ0n) is 14.3. The summed E-state index contributed by atoms with van der Waals surface area (Å²) < 4.78 is 6.36. The van der Waals surface area contributed by atoms with E-state index in [2.05, 4.69) is 39.6 Å². The van der Waals surface area contributed by atoms with Crippen molar-refractivity contribution in [1.29, 1.82) is 0 Å². The largest absolute Gasteiger partial charge is 0.340 e. The lowest BCUT2D eigenvalue weighted by Crippen LogP contribution is -2.66. The second-order valence-electron chi connectivity index (χ2n) is 8.13. The Bertz CT molecular complexity index is 408. The predicted molar refractivity (Wildman–Crippen MR) is 80.4 cm³/mol. The molecule has 116 valence electrons. The van der Waals surface area contributed by atoms with E-state index in [0.29, 0.717) is 6.54 Å². The lowest BCUT2D eigenvalue weighted by Gasteiger charge is -2.56. The summed E-state index contributed by atoms with van der Waals surface area (Å²) in [5.41, 5.74) is -1.29. The van der Waals surface area contributed by atoms with Gasteiger partial charge in [0.2, 0.25) is 0 Å². The number of carbonyl (C=O) groups excluding carboxylic acids is 1. The fourth-order valence-electron chi connectivity index (χ4n) is 4.33. The van der Waals surface area contributed by atoms with Gasteiger partial charge in [-0.25, -0.2) is 0 Å². The highest BCUT2D eigenvalue weighted by molar-refractivity contribution is 5.88. The SMILES string of the molecule is CCN1C(=O)C2(CC(C)(C)N(C)C(C)(C)C2)OC1(C)C. The molecular weight excluding hydrogens is 252 g/mol. The molecule has 1 amide bonds. The van der Waals surface area contributed by atoms with Gasteiger partial charge in [-0.1, -0.05) is 0 Å². The lowest BCUT2D eigenvalue weighted by molar-refractivity contribution is -0.180. The monoisotopic (exact) mass is 282 g/mol. The Morgan fingerprint density at radius 1 is 1.05 bits per heavy atom. The zero-order valence-corrected chi connectivity index (χ0v) is 14.3. The van der Waals surface area contributed by atoms with Crippen LogP contribution in [0.1, 0.15) is 61.3 Å². The molecule has 0 atom stereocenters. The van der Waals surface area contributed by atoms with Gasteiger partial charge < -0.3 is 9.64 Å². The second-order valence-corrected chi connectivity index (χ2v) is 8.13. The van der Waals surface area contributed by atoms with Gasteiger partial charge in [-0.05, 0) is 55.5 Å². The van der Waals surface area contributed by atoms with Crippen LogP contribution in [0.15, 0.2) is 0 Å². The Balaban J connectivity index is 2.45. The summed E-state index contributed by atoms with van der Waals surface area (Å²) in [6, 6.07) is 0. The van der Waals surface area contributed by atoms with E-state index >= 15 is 0 Å². The zero-order chi connectivity index (χ0) is 15.6. The van der Waals surface area contributed by atoms with Gasteiger partial charge in [0.15, 0.2) is 5.60 Å². The minimum Gasteiger partial charge on any atom is -0.340 e. The second kappa shape index (κ2) is 4.20. The minimum absolute atomic E-state index is 0.0583. The molecular formula is C16H30N2O2. The van der Waals surface area contributed by atoms with Crippen molar-refractivity contribution in [3.8, 4) is 0 Å². The first-order valence-corrected chi connectivity index (χ1v) is 7.64. The molecule has 0 bridgehead atoms. The van der Waals surface area contributed by atoms with E-state index in [1.54, 1.807) is 0 Å². The van der Waals surface area contributed by atoms with Crippen molar-refractivity contribution in [1.82, 2.24) is 9.80 Å². The molecule has 0 aliphatic carbocycles. The van der Waals surface area contributed by atoms with Crippen molar-refractivity contribution in [3.05, 3.63) is 0 Å². The minimum atomic E-state index is -0.668. The molecule has 0 saturated carbocycles. The summed E-state index contributed by atoms with van der Waals surface area (Å²) in [6.07, 6.45) is 1.50. The molecule has 0 radical (unpaired) electrons. The first-order valence-electron chi connectivity index (χ1n) is 7.64. The normalized spacial score (nSPS) is 31.0. The molecule has 2 fully saturated rings. The maximum atomic E-state index is 13.0. The van der Waals surface area contributed by atoms with Crippen molar-refractivity contribution in [2.24, 2.45) is 0 Å². The first kappa shape index (κ1) is 15.8. The van der Waals surface area contributed by atoms with E-state index in [1.165, 1.54) is 0 Å². The molecule has 1 spiro atoms. The summed E-state index contributed by atoms with van der Waals surface area (Å²) in [7, 11) is 2.15. The molecule has 0 unspecified atom stereocenters. The Morgan fingerprint density at radius 2 is 1.50 bits per heavy atom. The van der Waals surface area contributed by atoms with Crippen molar-refractivity contribution in [2.45, 2.75) is 83.7 Å². The van der Waals surface area contributed by atoms with Crippen LogP contribution in [0.25, 0.3) is 0 Å². The van der Waals surface area contributed by atoms with Crippen molar-refractivity contribution in [2.75, 3.05) is 13.6 Å². The fourth-order valence-corrected chi connectivity index (χ4v) is 4.33. The Labute approximate surface area is 123 Å². The fraction of sp³-hybridized carbons (Fsp3) is 0.938. The third-order valence-corrected chi connectivity index (χ3v) is 5.30. The molecule has 0 aromatic carbocycles. The molecule has 2 rings (SSSR count). The van der Waals surface area contributed by atoms with Gasteiger partial charge in [0, 0.05) is 30.5 Å². The summed E-state index contributed by atoms with van der Waals surface area (Å²) in [6.45, 7) is 15.5. The summed E-state index contributed by atoms with van der Waals surface area (Å²) >= 11 is 0. The number of piperidine rings is 1. The number of rotatable bonds is 1. The van der Waals surface area contributed by atoms with Gasteiger partial charge >= 0.3 is 0 Å². The maximum Gasteiger partial charge on any atom is 0.257 e. The molecule has 0 N–H and O–H groups in total. The van der Waals surface area contributed by atoms with E-state index in [4.69, 9.17) is 4.74 Å². The van der Waals surface area contributed by atoms with Gasteiger partial charge in [0.25, 0.3) is 5.91 Å². The third kappa shape index (κ3) is 2.08. The van der Waals surface area contributed by atoms with Gasteiger partial charge in [0.1, 0.15) is 5.72 Å². The summed E-state index contributed by atoms with van der Waals surface area (Å²) in [5.74, 6) is 0.166. The number of carbonyl (C=O) groups is 1. The Hall–Kier alpha value is -0.610. The molecule has 2 aliphatic rings. The average molecular weight is 282 g/mol. The van der Waals surface area contributed by atoms with E-state index in [1.807, 2.05) is 25.7 Å². The van der Waals surface area contributed by atoms with Gasteiger partial charge in [-0.2, -0.15) is 0 Å². The molecule has 0 aromatic heterocycles. The van der Waals surface area contributed by atoms with E-state index in [-0.39, 0.29) is 17.0 Å². The number of nitrogens with zero attached hydrogens (tertiary/aromatic N) is 2. The highest BCUT2D eigenvalue weighted by Gasteiger charge is 2.63. The van der Waals surface area contributed by atoms with Crippen LogP contribution in [-0.4, -0.2) is 51.7 Å². The van der Waals surface area contributed by atoms with Gasteiger partial charge in [0.05, 0.1) is 0 Å². The van der Waals surface area contributed by atoms with Crippen LogP contribution < -0.4 is 0 Å². The van der Waals surface area contributed by atoms with Crippen LogP contribution in [0.2, 0.25) is 0 Å². The van der Waals surface area contributed by atoms with E-state index in [0.717, 1.165) is 12.8 Å². The molecule has 2 aliphatic heterocycles. The van der Waals surface area contributed by atoms with Crippen LogP contribution >= 0.6 is 0 Å². The molecule has 20 heavy (non-hydrogen) atoms. The van der Waals surface area contributed by atoms with Crippen LogP contribution in [-0.2, 0) is 9.53 Å². The number of likely N-dealkylation sites (tertiary alicyclic amines) is 1. The topological polar surface area (TPSA) is 32.8 Å². The van der Waals surface area contributed by atoms with Crippen LogP contribution in [0.4, 0.5) is 0 Å². The number of hydrogen-bond acceptors (Lipinski definition) is 3. The smallest absolute Gasteiger partial charge is 0.257 e.